The van der Waals surface area contributed by atoms with E-state index in [0.717, 1.165) is 19.3 Å². The summed E-state index contributed by atoms with van der Waals surface area (Å²) < 4.78 is 0. The zero-order valence-electron chi connectivity index (χ0n) is 16.6. The fraction of sp³-hybridized carbons (Fsp3) is 0.900. The van der Waals surface area contributed by atoms with Gasteiger partial charge in [-0.2, -0.15) is 0 Å². The molecular weight excluding hydrogens is 336 g/mol. The van der Waals surface area contributed by atoms with Crippen molar-refractivity contribution >= 4 is 0 Å². The second-order valence-corrected chi connectivity index (χ2v) is 9.75. The molecule has 0 unspecified atom stereocenters. The first-order chi connectivity index (χ1) is 11.7. The molecule has 0 aromatic heterocycles. The van der Waals surface area contributed by atoms with Gasteiger partial charge in [-0.05, 0) is 43.4 Å². The Labute approximate surface area is 156 Å². The highest BCUT2D eigenvalue weighted by Crippen LogP contribution is 2.62. The maximum atomic E-state index is 11.1. The van der Waals surface area contributed by atoms with Gasteiger partial charge >= 0.3 is 0 Å². The van der Waals surface area contributed by atoms with Gasteiger partial charge in [0.2, 0.25) is 0 Å². The highest BCUT2D eigenvalue weighted by Gasteiger charge is 2.64. The SMILES string of the molecule is CC1(C)CCC[C@@]2(C)[C@H]1[C@@H](O)[C@H](O)[C@@](C)(O)[C@@H]2C=C[C@@](C)(O)[C@@H](O)CO. The second-order valence-electron chi connectivity index (χ2n) is 9.75. The van der Waals surface area contributed by atoms with Crippen molar-refractivity contribution in [2.75, 3.05) is 6.61 Å². The van der Waals surface area contributed by atoms with Crippen LogP contribution in [0.25, 0.3) is 0 Å². The van der Waals surface area contributed by atoms with Gasteiger partial charge in [0.25, 0.3) is 0 Å². The smallest absolute Gasteiger partial charge is 0.109 e. The van der Waals surface area contributed by atoms with Crippen LogP contribution in [0.4, 0.5) is 0 Å². The van der Waals surface area contributed by atoms with Crippen LogP contribution in [0.1, 0.15) is 53.9 Å². The largest absolute Gasteiger partial charge is 0.394 e. The minimum atomic E-state index is -1.66. The molecule has 6 N–H and O–H groups in total. The van der Waals surface area contributed by atoms with Gasteiger partial charge in [-0.3, -0.25) is 0 Å². The molecule has 26 heavy (non-hydrogen) atoms. The number of fused-ring (bicyclic) bond motifs is 1. The van der Waals surface area contributed by atoms with E-state index < -0.39 is 47.5 Å². The summed E-state index contributed by atoms with van der Waals surface area (Å²) in [5.41, 5.74) is -3.94. The number of hydrogen-bond acceptors (Lipinski definition) is 6. The fourth-order valence-electron chi connectivity index (χ4n) is 5.71. The molecule has 0 heterocycles. The number of aliphatic hydroxyl groups is 6. The van der Waals surface area contributed by atoms with E-state index in [0.29, 0.717) is 0 Å². The van der Waals surface area contributed by atoms with Gasteiger partial charge in [-0.15, -0.1) is 0 Å². The summed E-state index contributed by atoms with van der Waals surface area (Å²) in [6.07, 6.45) is 1.97. The zero-order chi connectivity index (χ0) is 20.1. The fourth-order valence-corrected chi connectivity index (χ4v) is 5.71. The summed E-state index contributed by atoms with van der Waals surface area (Å²) in [4.78, 5) is 0. The Morgan fingerprint density at radius 2 is 1.73 bits per heavy atom. The van der Waals surface area contributed by atoms with Crippen LogP contribution in [0.5, 0.6) is 0 Å². The lowest BCUT2D eigenvalue weighted by atomic mass is 9.44. The lowest BCUT2D eigenvalue weighted by Crippen LogP contribution is -2.69. The minimum Gasteiger partial charge on any atom is -0.394 e. The third-order valence-corrected chi connectivity index (χ3v) is 7.17. The van der Waals surface area contributed by atoms with Crippen molar-refractivity contribution in [1.82, 2.24) is 0 Å². The molecule has 2 fully saturated rings. The highest BCUT2D eigenvalue weighted by molar-refractivity contribution is 5.20. The molecule has 6 nitrogen and oxygen atoms in total. The molecule has 8 atom stereocenters. The van der Waals surface area contributed by atoms with E-state index in [1.54, 1.807) is 6.08 Å². The molecule has 2 saturated carbocycles. The van der Waals surface area contributed by atoms with Gasteiger partial charge < -0.3 is 30.6 Å². The average Bonchev–Trinajstić information content (AvgIpc) is 2.50. The third kappa shape index (κ3) is 3.36. The van der Waals surface area contributed by atoms with E-state index in [1.807, 2.05) is 6.92 Å². The number of rotatable bonds is 4. The molecule has 2 aliphatic carbocycles. The van der Waals surface area contributed by atoms with Crippen molar-refractivity contribution in [3.8, 4) is 0 Å². The molecule has 2 rings (SSSR count). The van der Waals surface area contributed by atoms with E-state index in [2.05, 4.69) is 13.8 Å². The van der Waals surface area contributed by atoms with Crippen molar-refractivity contribution in [2.45, 2.75) is 83.4 Å². The van der Waals surface area contributed by atoms with E-state index in [1.165, 1.54) is 19.9 Å². The van der Waals surface area contributed by atoms with Gasteiger partial charge in [0.05, 0.1) is 18.3 Å². The Kier molecular flexibility index (Phi) is 5.73. The van der Waals surface area contributed by atoms with Crippen LogP contribution in [0, 0.1) is 22.7 Å². The molecule has 0 bridgehead atoms. The monoisotopic (exact) mass is 372 g/mol. The zero-order valence-corrected chi connectivity index (χ0v) is 16.6. The van der Waals surface area contributed by atoms with Crippen LogP contribution >= 0.6 is 0 Å². The van der Waals surface area contributed by atoms with Crippen molar-refractivity contribution in [2.24, 2.45) is 22.7 Å². The van der Waals surface area contributed by atoms with Crippen LogP contribution in [-0.2, 0) is 0 Å². The Morgan fingerprint density at radius 3 is 2.27 bits per heavy atom. The minimum absolute atomic E-state index is 0.205. The molecule has 152 valence electrons. The molecule has 2 aliphatic rings. The normalized spacial score (nSPS) is 46.6. The van der Waals surface area contributed by atoms with Crippen LogP contribution in [0.2, 0.25) is 0 Å². The van der Waals surface area contributed by atoms with E-state index in [-0.39, 0.29) is 11.3 Å². The van der Waals surface area contributed by atoms with E-state index >= 15 is 0 Å². The van der Waals surface area contributed by atoms with Gasteiger partial charge in [0.15, 0.2) is 0 Å². The van der Waals surface area contributed by atoms with Crippen LogP contribution < -0.4 is 0 Å². The Hall–Kier alpha value is -0.500. The maximum absolute atomic E-state index is 11.1. The molecule has 6 heteroatoms. The van der Waals surface area contributed by atoms with Crippen molar-refractivity contribution in [3.63, 3.8) is 0 Å². The predicted octanol–water partition coefficient (Wildman–Crippen LogP) is 0.582. The van der Waals surface area contributed by atoms with Crippen LogP contribution in [0.15, 0.2) is 12.2 Å². The molecule has 0 aliphatic heterocycles. The predicted molar refractivity (Wildman–Crippen MR) is 98.2 cm³/mol. The third-order valence-electron chi connectivity index (χ3n) is 7.17. The van der Waals surface area contributed by atoms with Crippen molar-refractivity contribution < 1.29 is 30.6 Å². The van der Waals surface area contributed by atoms with E-state index in [4.69, 9.17) is 5.11 Å². The first-order valence-corrected chi connectivity index (χ1v) is 9.51. The van der Waals surface area contributed by atoms with Crippen molar-refractivity contribution in [3.05, 3.63) is 12.2 Å². The first-order valence-electron chi connectivity index (χ1n) is 9.51. The van der Waals surface area contributed by atoms with Gasteiger partial charge in [0, 0.05) is 5.92 Å². The Bertz CT molecular complexity index is 540. The topological polar surface area (TPSA) is 121 Å². The molecule has 0 amide bonds. The quantitative estimate of drug-likeness (QED) is 0.402. The van der Waals surface area contributed by atoms with Crippen molar-refractivity contribution in [1.29, 1.82) is 0 Å². The maximum Gasteiger partial charge on any atom is 0.109 e. The van der Waals surface area contributed by atoms with E-state index in [9.17, 15) is 25.5 Å². The van der Waals surface area contributed by atoms with Crippen LogP contribution in [-0.4, -0.2) is 66.8 Å². The molecule has 0 aromatic carbocycles. The van der Waals surface area contributed by atoms with Gasteiger partial charge in [0.1, 0.15) is 17.8 Å². The summed E-state index contributed by atoms with van der Waals surface area (Å²) in [6.45, 7) is 8.49. The Morgan fingerprint density at radius 1 is 1.15 bits per heavy atom. The lowest BCUT2D eigenvalue weighted by molar-refractivity contribution is -0.255. The highest BCUT2D eigenvalue weighted by atomic mass is 16.4. The van der Waals surface area contributed by atoms with Gasteiger partial charge in [-0.25, -0.2) is 0 Å². The average molecular weight is 373 g/mol. The summed E-state index contributed by atoms with van der Waals surface area (Å²) in [6, 6.07) is 0. The lowest BCUT2D eigenvalue weighted by Gasteiger charge is -2.63. The number of aliphatic hydroxyl groups excluding tert-OH is 4. The van der Waals surface area contributed by atoms with Gasteiger partial charge in [-0.1, -0.05) is 39.3 Å². The number of hydrogen-bond donors (Lipinski definition) is 6. The van der Waals surface area contributed by atoms with Crippen LogP contribution in [0.3, 0.4) is 0 Å². The summed E-state index contributed by atoms with van der Waals surface area (Å²) in [7, 11) is 0. The molecule has 0 saturated heterocycles. The first kappa shape index (κ1) is 21.8. The molecule has 0 spiro atoms. The molecule has 0 radical (unpaired) electrons. The Balaban J connectivity index is 2.51. The standard InChI is InChI=1S/C20H36O6/c1-17(2)8-6-9-18(3)12(7-10-19(4,25)13(22)11-21)20(5,26)16(24)14(23)15(17)18/h7,10,12-16,21-26H,6,8-9,11H2,1-5H3/t12-,13+,14-,15+,16+,18-,19-,20+/m1/s1. The second kappa shape index (κ2) is 6.83. The summed E-state index contributed by atoms with van der Waals surface area (Å²) >= 11 is 0. The molecule has 0 aromatic rings. The molecular formula is C20H36O6. The summed E-state index contributed by atoms with van der Waals surface area (Å²) in [5, 5.41) is 61.9. The summed E-state index contributed by atoms with van der Waals surface area (Å²) in [5.74, 6) is -0.753.